The molecule has 0 aliphatic heterocycles. The van der Waals surface area contributed by atoms with Crippen LogP contribution >= 0.6 is 0 Å². The minimum atomic E-state index is -0.634. The van der Waals surface area contributed by atoms with Gasteiger partial charge in [-0.15, -0.1) is 0 Å². The summed E-state index contributed by atoms with van der Waals surface area (Å²) in [5.41, 5.74) is 11.1. The first-order valence-electron chi connectivity index (χ1n) is 8.76. The maximum atomic E-state index is 12.0. The SMILES string of the molecule is C[C@@H](OCc1ccc(C(N)=O)cc1)[C@H](CCC(N)=O)NC(=O)OC(C)(C)C. The van der Waals surface area contributed by atoms with E-state index in [-0.39, 0.29) is 13.0 Å². The van der Waals surface area contributed by atoms with E-state index in [1.165, 1.54) is 0 Å². The van der Waals surface area contributed by atoms with Crippen molar-refractivity contribution in [1.82, 2.24) is 5.32 Å². The molecule has 8 nitrogen and oxygen atoms in total. The van der Waals surface area contributed by atoms with E-state index in [1.807, 2.05) is 0 Å². The fraction of sp³-hybridized carbons (Fsp3) is 0.526. The number of alkyl carbamates (subject to hydrolysis) is 1. The van der Waals surface area contributed by atoms with E-state index in [2.05, 4.69) is 5.32 Å². The number of carbonyl (C=O) groups excluding carboxylic acids is 3. The van der Waals surface area contributed by atoms with Gasteiger partial charge in [-0.25, -0.2) is 4.79 Å². The van der Waals surface area contributed by atoms with Crippen LogP contribution < -0.4 is 16.8 Å². The maximum Gasteiger partial charge on any atom is 0.407 e. The van der Waals surface area contributed by atoms with Crippen LogP contribution in [0.4, 0.5) is 4.79 Å². The fourth-order valence-electron chi connectivity index (χ4n) is 2.29. The molecule has 0 saturated heterocycles. The lowest BCUT2D eigenvalue weighted by Crippen LogP contribution is -2.45. The second kappa shape index (κ2) is 9.91. The summed E-state index contributed by atoms with van der Waals surface area (Å²) in [5, 5.41) is 2.73. The number of primary amides is 2. The second-order valence-corrected chi connectivity index (χ2v) is 7.34. The summed E-state index contributed by atoms with van der Waals surface area (Å²) < 4.78 is 11.1. The number of nitrogens with two attached hydrogens (primary N) is 2. The molecule has 0 heterocycles. The number of amides is 3. The molecular weight excluding hydrogens is 350 g/mol. The Balaban J connectivity index is 2.68. The molecule has 0 unspecified atom stereocenters. The highest BCUT2D eigenvalue weighted by molar-refractivity contribution is 5.92. The molecule has 0 radical (unpaired) electrons. The van der Waals surface area contributed by atoms with Crippen molar-refractivity contribution in [2.24, 2.45) is 11.5 Å². The van der Waals surface area contributed by atoms with Crippen molar-refractivity contribution in [2.45, 2.75) is 64.9 Å². The van der Waals surface area contributed by atoms with Crippen molar-refractivity contribution in [2.75, 3.05) is 0 Å². The van der Waals surface area contributed by atoms with Gasteiger partial charge in [-0.3, -0.25) is 9.59 Å². The van der Waals surface area contributed by atoms with Crippen molar-refractivity contribution < 1.29 is 23.9 Å². The molecular formula is C19H29N3O5. The summed E-state index contributed by atoms with van der Waals surface area (Å²) in [7, 11) is 0. The van der Waals surface area contributed by atoms with Gasteiger partial charge in [0.2, 0.25) is 11.8 Å². The molecule has 1 aromatic carbocycles. The van der Waals surface area contributed by atoms with E-state index in [0.29, 0.717) is 12.0 Å². The highest BCUT2D eigenvalue weighted by Gasteiger charge is 2.24. The first-order valence-corrected chi connectivity index (χ1v) is 8.76. The van der Waals surface area contributed by atoms with E-state index >= 15 is 0 Å². The first kappa shape index (κ1) is 22.4. The second-order valence-electron chi connectivity index (χ2n) is 7.34. The zero-order valence-electron chi connectivity index (χ0n) is 16.3. The average Bonchev–Trinajstić information content (AvgIpc) is 2.55. The Morgan fingerprint density at radius 2 is 1.70 bits per heavy atom. The molecule has 8 heteroatoms. The predicted octanol–water partition coefficient (Wildman–Crippen LogP) is 1.85. The molecule has 0 aliphatic carbocycles. The van der Waals surface area contributed by atoms with Crippen LogP contribution in [0.15, 0.2) is 24.3 Å². The Kier molecular flexibility index (Phi) is 8.24. The lowest BCUT2D eigenvalue weighted by molar-refractivity contribution is -0.118. The minimum absolute atomic E-state index is 0.113. The summed E-state index contributed by atoms with van der Waals surface area (Å²) in [6.45, 7) is 7.35. The van der Waals surface area contributed by atoms with Gasteiger partial charge in [0.1, 0.15) is 5.60 Å². The van der Waals surface area contributed by atoms with Crippen molar-refractivity contribution in [3.63, 3.8) is 0 Å². The molecule has 27 heavy (non-hydrogen) atoms. The van der Waals surface area contributed by atoms with Gasteiger partial charge in [-0.05, 0) is 51.8 Å². The molecule has 2 atom stereocenters. The zero-order chi connectivity index (χ0) is 20.6. The Hall–Kier alpha value is -2.61. The highest BCUT2D eigenvalue weighted by Crippen LogP contribution is 2.13. The van der Waals surface area contributed by atoms with Crippen LogP contribution in [0.5, 0.6) is 0 Å². The molecule has 0 bridgehead atoms. The summed E-state index contributed by atoms with van der Waals surface area (Å²) in [4.78, 5) is 34.2. The summed E-state index contributed by atoms with van der Waals surface area (Å²) in [5.74, 6) is -0.954. The van der Waals surface area contributed by atoms with Crippen LogP contribution in [0.2, 0.25) is 0 Å². The number of hydrogen-bond acceptors (Lipinski definition) is 5. The minimum Gasteiger partial charge on any atom is -0.444 e. The molecule has 5 N–H and O–H groups in total. The molecule has 0 spiro atoms. The van der Waals surface area contributed by atoms with Crippen molar-refractivity contribution in [3.05, 3.63) is 35.4 Å². The predicted molar refractivity (Wildman–Crippen MR) is 101 cm³/mol. The van der Waals surface area contributed by atoms with Gasteiger partial charge < -0.3 is 26.3 Å². The molecule has 0 saturated carbocycles. The van der Waals surface area contributed by atoms with Gasteiger partial charge >= 0.3 is 6.09 Å². The maximum absolute atomic E-state index is 12.0. The van der Waals surface area contributed by atoms with Crippen LogP contribution in [-0.4, -0.2) is 35.7 Å². The number of benzene rings is 1. The third kappa shape index (κ3) is 9.05. The topological polar surface area (TPSA) is 134 Å². The van der Waals surface area contributed by atoms with E-state index in [9.17, 15) is 14.4 Å². The van der Waals surface area contributed by atoms with Gasteiger partial charge in [-0.2, -0.15) is 0 Å². The third-order valence-electron chi connectivity index (χ3n) is 3.72. The molecule has 0 fully saturated rings. The molecule has 1 rings (SSSR count). The third-order valence-corrected chi connectivity index (χ3v) is 3.72. The van der Waals surface area contributed by atoms with E-state index in [0.717, 1.165) is 5.56 Å². The number of carbonyl (C=O) groups is 3. The quantitative estimate of drug-likeness (QED) is 0.602. The number of rotatable bonds is 9. The molecule has 1 aromatic rings. The van der Waals surface area contributed by atoms with Crippen LogP contribution in [0.25, 0.3) is 0 Å². The van der Waals surface area contributed by atoms with E-state index in [4.69, 9.17) is 20.9 Å². The Bertz CT molecular complexity index is 652. The van der Waals surface area contributed by atoms with E-state index < -0.39 is 35.7 Å². The van der Waals surface area contributed by atoms with Gasteiger partial charge in [0, 0.05) is 12.0 Å². The fourth-order valence-corrected chi connectivity index (χ4v) is 2.29. The lowest BCUT2D eigenvalue weighted by atomic mass is 10.1. The van der Waals surface area contributed by atoms with Crippen LogP contribution in [0, 0.1) is 0 Å². The summed E-state index contributed by atoms with van der Waals surface area (Å²) in [6.07, 6.45) is -0.538. The number of hydrogen-bond donors (Lipinski definition) is 3. The monoisotopic (exact) mass is 379 g/mol. The average molecular weight is 379 g/mol. The van der Waals surface area contributed by atoms with Crippen molar-refractivity contribution >= 4 is 17.9 Å². The lowest BCUT2D eigenvalue weighted by Gasteiger charge is -2.27. The first-order chi connectivity index (χ1) is 12.5. The highest BCUT2D eigenvalue weighted by atomic mass is 16.6. The Morgan fingerprint density at radius 3 is 2.19 bits per heavy atom. The Labute approximate surface area is 159 Å². The van der Waals surface area contributed by atoms with Crippen molar-refractivity contribution in [1.29, 1.82) is 0 Å². The van der Waals surface area contributed by atoms with E-state index in [1.54, 1.807) is 52.0 Å². The summed E-state index contributed by atoms with van der Waals surface area (Å²) >= 11 is 0. The Morgan fingerprint density at radius 1 is 1.11 bits per heavy atom. The molecule has 0 aromatic heterocycles. The van der Waals surface area contributed by atoms with Gasteiger partial charge in [-0.1, -0.05) is 12.1 Å². The van der Waals surface area contributed by atoms with Crippen LogP contribution in [0.3, 0.4) is 0 Å². The summed E-state index contributed by atoms with van der Waals surface area (Å²) in [6, 6.07) is 6.28. The largest absolute Gasteiger partial charge is 0.444 e. The molecule has 0 aliphatic rings. The normalized spacial score (nSPS) is 13.5. The smallest absolute Gasteiger partial charge is 0.407 e. The van der Waals surface area contributed by atoms with Crippen LogP contribution in [0.1, 0.15) is 56.5 Å². The van der Waals surface area contributed by atoms with Crippen molar-refractivity contribution in [3.8, 4) is 0 Å². The molecule has 150 valence electrons. The molecule has 3 amide bonds. The zero-order valence-corrected chi connectivity index (χ0v) is 16.3. The van der Waals surface area contributed by atoms with Gasteiger partial charge in [0.05, 0.1) is 18.8 Å². The standard InChI is InChI=1S/C19H29N3O5/c1-12(26-11-13-5-7-14(8-6-13)17(21)24)15(9-10-16(20)23)22-18(25)27-19(2,3)4/h5-8,12,15H,9-11H2,1-4H3,(H2,20,23)(H2,21,24)(H,22,25)/t12-,15+/m1/s1. The number of nitrogens with one attached hydrogen (secondary N) is 1. The van der Waals surface area contributed by atoms with Crippen LogP contribution in [-0.2, 0) is 20.9 Å². The number of ether oxygens (including phenoxy) is 2. The van der Waals surface area contributed by atoms with Gasteiger partial charge in [0.25, 0.3) is 0 Å². The van der Waals surface area contributed by atoms with Gasteiger partial charge in [0.15, 0.2) is 0 Å².